The number of amides is 1. The zero-order chi connectivity index (χ0) is 17.8. The van der Waals surface area contributed by atoms with Gasteiger partial charge in [-0.25, -0.2) is 0 Å². The van der Waals surface area contributed by atoms with Crippen LogP contribution >= 0.6 is 11.8 Å². The van der Waals surface area contributed by atoms with E-state index >= 15 is 0 Å². The average molecular weight is 353 g/mol. The van der Waals surface area contributed by atoms with Gasteiger partial charge in [-0.3, -0.25) is 14.3 Å². The Balaban J connectivity index is 2.85. The highest BCUT2D eigenvalue weighted by molar-refractivity contribution is 7.99. The van der Waals surface area contributed by atoms with Crippen molar-refractivity contribution in [2.45, 2.75) is 32.5 Å². The highest BCUT2D eigenvalue weighted by Crippen LogP contribution is 2.34. The first-order valence-electron chi connectivity index (χ1n) is 6.68. The van der Waals surface area contributed by atoms with Crippen molar-refractivity contribution in [1.82, 2.24) is 15.1 Å². The number of carbonyl (C=O) groups is 2. The van der Waals surface area contributed by atoms with Crippen molar-refractivity contribution >= 4 is 23.6 Å². The SMILES string of the molecule is CC(C)(C)n1ncc(C(=O)NCCSCC(=O)O)c1C(F)(F)F. The van der Waals surface area contributed by atoms with Crippen LogP contribution in [-0.2, 0) is 16.5 Å². The molecule has 2 N–H and O–H groups in total. The third-order valence-electron chi connectivity index (χ3n) is 2.68. The molecule has 0 fully saturated rings. The molecule has 1 aromatic heterocycles. The maximum absolute atomic E-state index is 13.3. The van der Waals surface area contributed by atoms with Crippen LogP contribution < -0.4 is 5.32 Å². The van der Waals surface area contributed by atoms with Gasteiger partial charge in [0.25, 0.3) is 5.91 Å². The van der Waals surface area contributed by atoms with Crippen LogP contribution in [0.4, 0.5) is 13.2 Å². The van der Waals surface area contributed by atoms with Crippen molar-refractivity contribution in [1.29, 1.82) is 0 Å². The molecule has 0 aliphatic carbocycles. The molecule has 10 heteroatoms. The molecule has 0 unspecified atom stereocenters. The first-order valence-corrected chi connectivity index (χ1v) is 7.83. The lowest BCUT2D eigenvalue weighted by Crippen LogP contribution is -2.32. The molecule has 1 heterocycles. The lowest BCUT2D eigenvalue weighted by atomic mass is 10.1. The van der Waals surface area contributed by atoms with Gasteiger partial charge in [-0.15, -0.1) is 11.8 Å². The first-order chi connectivity index (χ1) is 10.4. The Kier molecular flexibility index (Phi) is 6.09. The first kappa shape index (κ1) is 19.3. The van der Waals surface area contributed by atoms with Crippen LogP contribution in [0.2, 0.25) is 0 Å². The number of thioether (sulfide) groups is 1. The number of hydrogen-bond acceptors (Lipinski definition) is 4. The monoisotopic (exact) mass is 353 g/mol. The summed E-state index contributed by atoms with van der Waals surface area (Å²) in [5, 5.41) is 14.5. The van der Waals surface area contributed by atoms with E-state index in [1.165, 1.54) is 0 Å². The Hall–Kier alpha value is -1.71. The summed E-state index contributed by atoms with van der Waals surface area (Å²) < 4.78 is 40.5. The summed E-state index contributed by atoms with van der Waals surface area (Å²) in [4.78, 5) is 22.3. The summed E-state index contributed by atoms with van der Waals surface area (Å²) in [5.74, 6) is -1.73. The minimum atomic E-state index is -4.71. The largest absolute Gasteiger partial charge is 0.481 e. The number of halogens is 3. The minimum Gasteiger partial charge on any atom is -0.481 e. The smallest absolute Gasteiger partial charge is 0.433 e. The molecule has 23 heavy (non-hydrogen) atoms. The van der Waals surface area contributed by atoms with Crippen LogP contribution in [0.5, 0.6) is 0 Å². The number of nitrogens with zero attached hydrogens (tertiary/aromatic N) is 2. The number of carboxylic acid groups (broad SMARTS) is 1. The third kappa shape index (κ3) is 5.45. The molecule has 1 aromatic rings. The van der Waals surface area contributed by atoms with E-state index < -0.39 is 34.8 Å². The molecular formula is C13H18F3N3O3S. The van der Waals surface area contributed by atoms with Crippen molar-refractivity contribution in [3.05, 3.63) is 17.5 Å². The Morgan fingerprint density at radius 1 is 1.35 bits per heavy atom. The van der Waals surface area contributed by atoms with Crippen molar-refractivity contribution < 1.29 is 27.9 Å². The second-order valence-electron chi connectivity index (χ2n) is 5.69. The molecule has 0 radical (unpaired) electrons. The van der Waals surface area contributed by atoms with E-state index in [2.05, 4.69) is 10.4 Å². The maximum Gasteiger partial charge on any atom is 0.433 e. The molecule has 0 spiro atoms. The number of aromatic nitrogens is 2. The van der Waals surface area contributed by atoms with Crippen LogP contribution in [-0.4, -0.2) is 44.8 Å². The Bertz CT molecular complexity index is 579. The summed E-state index contributed by atoms with van der Waals surface area (Å²) in [6, 6.07) is 0. The van der Waals surface area contributed by atoms with Gasteiger partial charge in [-0.05, 0) is 20.8 Å². The van der Waals surface area contributed by atoms with Crippen LogP contribution in [0, 0.1) is 0 Å². The van der Waals surface area contributed by atoms with E-state index in [1.54, 1.807) is 20.8 Å². The topological polar surface area (TPSA) is 84.2 Å². The van der Waals surface area contributed by atoms with Crippen LogP contribution in [0.25, 0.3) is 0 Å². The number of rotatable bonds is 6. The second kappa shape index (κ2) is 7.24. The van der Waals surface area contributed by atoms with Gasteiger partial charge in [0, 0.05) is 12.3 Å². The average Bonchev–Trinajstić information content (AvgIpc) is 2.82. The van der Waals surface area contributed by atoms with E-state index in [0.29, 0.717) is 0 Å². The molecule has 0 saturated carbocycles. The summed E-state index contributed by atoms with van der Waals surface area (Å²) in [5.41, 5.74) is -2.57. The van der Waals surface area contributed by atoms with E-state index in [1.807, 2.05) is 0 Å². The number of carbonyl (C=O) groups excluding carboxylic acids is 1. The molecule has 0 aromatic carbocycles. The standard InChI is InChI=1S/C13H18F3N3O3S/c1-12(2,3)19-10(13(14,15)16)8(6-18-19)11(22)17-4-5-23-7-9(20)21/h6H,4-5,7H2,1-3H3,(H,17,22)(H,20,21). The number of aliphatic carboxylic acids is 1. The second-order valence-corrected chi connectivity index (χ2v) is 6.79. The van der Waals surface area contributed by atoms with Gasteiger partial charge in [0.1, 0.15) is 0 Å². The van der Waals surface area contributed by atoms with Crippen molar-refractivity contribution in [2.24, 2.45) is 0 Å². The van der Waals surface area contributed by atoms with Crippen LogP contribution in [0.15, 0.2) is 6.20 Å². The fraction of sp³-hybridized carbons (Fsp3) is 0.615. The molecule has 130 valence electrons. The quantitative estimate of drug-likeness (QED) is 0.766. The van der Waals surface area contributed by atoms with Crippen LogP contribution in [0.1, 0.15) is 36.8 Å². The lowest BCUT2D eigenvalue weighted by Gasteiger charge is -2.23. The van der Waals surface area contributed by atoms with E-state index in [-0.39, 0.29) is 18.1 Å². The van der Waals surface area contributed by atoms with Gasteiger partial charge in [-0.2, -0.15) is 18.3 Å². The van der Waals surface area contributed by atoms with Gasteiger partial charge in [0.15, 0.2) is 5.69 Å². The lowest BCUT2D eigenvalue weighted by molar-refractivity contribution is -0.146. The summed E-state index contributed by atoms with van der Waals surface area (Å²) >= 11 is 1.06. The van der Waals surface area contributed by atoms with Crippen LogP contribution in [0.3, 0.4) is 0 Å². The van der Waals surface area contributed by atoms with Gasteiger partial charge < -0.3 is 10.4 Å². The number of alkyl halides is 3. The molecule has 6 nitrogen and oxygen atoms in total. The predicted octanol–water partition coefficient (Wildman–Crippen LogP) is 2.20. The van der Waals surface area contributed by atoms with Gasteiger partial charge in [0.05, 0.1) is 23.1 Å². The zero-order valence-electron chi connectivity index (χ0n) is 12.9. The fourth-order valence-corrected chi connectivity index (χ4v) is 2.35. The molecule has 0 saturated heterocycles. The highest BCUT2D eigenvalue weighted by Gasteiger charge is 2.42. The van der Waals surface area contributed by atoms with Gasteiger partial charge in [-0.1, -0.05) is 0 Å². The van der Waals surface area contributed by atoms with Crippen molar-refractivity contribution in [2.75, 3.05) is 18.1 Å². The van der Waals surface area contributed by atoms with Gasteiger partial charge in [0.2, 0.25) is 0 Å². The Morgan fingerprint density at radius 2 is 1.96 bits per heavy atom. The normalized spacial score (nSPS) is 12.3. The number of carboxylic acids is 1. The minimum absolute atomic E-state index is 0.0643. The Morgan fingerprint density at radius 3 is 2.43 bits per heavy atom. The molecule has 1 amide bonds. The molecule has 1 rings (SSSR count). The van der Waals surface area contributed by atoms with E-state index in [4.69, 9.17) is 5.11 Å². The summed E-state index contributed by atoms with van der Waals surface area (Å²) in [6.45, 7) is 4.73. The summed E-state index contributed by atoms with van der Waals surface area (Å²) in [7, 11) is 0. The number of nitrogens with one attached hydrogen (secondary N) is 1. The Labute approximate surface area is 135 Å². The molecule has 0 bridgehead atoms. The van der Waals surface area contributed by atoms with E-state index in [0.717, 1.165) is 22.6 Å². The highest BCUT2D eigenvalue weighted by atomic mass is 32.2. The van der Waals surface area contributed by atoms with E-state index in [9.17, 15) is 22.8 Å². The number of hydrogen-bond donors (Lipinski definition) is 2. The third-order valence-corrected chi connectivity index (χ3v) is 3.62. The predicted molar refractivity (Wildman–Crippen MR) is 79.5 cm³/mol. The zero-order valence-corrected chi connectivity index (χ0v) is 13.7. The maximum atomic E-state index is 13.3. The molecule has 0 atom stereocenters. The van der Waals surface area contributed by atoms with Crippen molar-refractivity contribution in [3.8, 4) is 0 Å². The van der Waals surface area contributed by atoms with Crippen molar-refractivity contribution in [3.63, 3.8) is 0 Å². The molecule has 0 aliphatic rings. The fourth-order valence-electron chi connectivity index (χ4n) is 1.79. The summed E-state index contributed by atoms with van der Waals surface area (Å²) in [6.07, 6.45) is -3.82. The molecule has 0 aliphatic heterocycles. The van der Waals surface area contributed by atoms with Gasteiger partial charge >= 0.3 is 12.1 Å². The molecular weight excluding hydrogens is 335 g/mol.